The van der Waals surface area contributed by atoms with E-state index in [4.69, 9.17) is 5.11 Å². The fourth-order valence-electron chi connectivity index (χ4n) is 0.556. The summed E-state index contributed by atoms with van der Waals surface area (Å²) in [6, 6.07) is 0. The van der Waals surface area contributed by atoms with E-state index < -0.39 is 0 Å². The number of nitrogens with one attached hydrogen (secondary N) is 1. The molecule has 13 heavy (non-hydrogen) atoms. The minimum Gasteiger partial charge on any atom is -0.393 e. The normalized spacial score (nSPS) is 13.2. The van der Waals surface area contributed by atoms with Gasteiger partial charge in [-0.15, -0.1) is 12.4 Å². The second-order valence-electron chi connectivity index (χ2n) is 2.89. The summed E-state index contributed by atoms with van der Waals surface area (Å²) in [4.78, 5) is 6.42. The van der Waals surface area contributed by atoms with Crippen molar-refractivity contribution in [2.24, 2.45) is 5.92 Å². The molecule has 1 aromatic heterocycles. The molecule has 0 saturated heterocycles. The summed E-state index contributed by atoms with van der Waals surface area (Å²) in [5, 5.41) is 8.82. The van der Waals surface area contributed by atoms with E-state index in [0.717, 1.165) is 6.42 Å². The third-order valence-electron chi connectivity index (χ3n) is 1.87. The van der Waals surface area contributed by atoms with Gasteiger partial charge in [-0.05, 0) is 12.8 Å². The standard InChI is InChI=1S/C6H14O.C3H4N2.ClH/c1-4-5(2)6(3)7;1-2-5-3-4-1;/h5-7H,4H2,1-3H3;1-3H,(H,4,5);1H. The zero-order valence-corrected chi connectivity index (χ0v) is 9.21. The highest BCUT2D eigenvalue weighted by atomic mass is 35.5. The van der Waals surface area contributed by atoms with Crippen molar-refractivity contribution in [3.63, 3.8) is 0 Å². The molecule has 3 nitrogen and oxygen atoms in total. The first-order valence-corrected chi connectivity index (χ1v) is 4.29. The Kier molecular flexibility index (Phi) is 11.0. The van der Waals surface area contributed by atoms with E-state index in [1.807, 2.05) is 13.8 Å². The average molecular weight is 207 g/mol. The molecule has 2 atom stereocenters. The van der Waals surface area contributed by atoms with E-state index >= 15 is 0 Å². The minimum absolute atomic E-state index is 0. The van der Waals surface area contributed by atoms with Gasteiger partial charge in [-0.2, -0.15) is 0 Å². The van der Waals surface area contributed by atoms with Crippen LogP contribution in [0.25, 0.3) is 0 Å². The summed E-state index contributed by atoms with van der Waals surface area (Å²) in [5.74, 6) is 0.458. The van der Waals surface area contributed by atoms with Gasteiger partial charge in [0.1, 0.15) is 0 Å². The molecule has 2 N–H and O–H groups in total. The van der Waals surface area contributed by atoms with Gasteiger partial charge >= 0.3 is 0 Å². The van der Waals surface area contributed by atoms with Crippen molar-refractivity contribution in [3.8, 4) is 0 Å². The van der Waals surface area contributed by atoms with E-state index in [1.54, 1.807) is 18.7 Å². The summed E-state index contributed by atoms with van der Waals surface area (Å²) in [6.07, 6.45) is 6.02. The number of hydrogen-bond acceptors (Lipinski definition) is 2. The molecule has 0 aromatic carbocycles. The van der Waals surface area contributed by atoms with Gasteiger partial charge < -0.3 is 10.1 Å². The molecule has 0 radical (unpaired) electrons. The summed E-state index contributed by atoms with van der Waals surface area (Å²) in [5.41, 5.74) is 0. The molecule has 0 aliphatic heterocycles. The molecule has 0 aliphatic carbocycles. The van der Waals surface area contributed by atoms with Crippen molar-refractivity contribution in [2.45, 2.75) is 33.3 Å². The van der Waals surface area contributed by atoms with Crippen molar-refractivity contribution in [2.75, 3.05) is 0 Å². The Morgan fingerprint density at radius 2 is 2.08 bits per heavy atom. The lowest BCUT2D eigenvalue weighted by atomic mass is 10.0. The van der Waals surface area contributed by atoms with Crippen LogP contribution in [0.15, 0.2) is 18.7 Å². The summed E-state index contributed by atoms with van der Waals surface area (Å²) < 4.78 is 0. The monoisotopic (exact) mass is 206 g/mol. The number of H-pyrrole nitrogens is 1. The van der Waals surface area contributed by atoms with Crippen LogP contribution in [0.5, 0.6) is 0 Å². The zero-order valence-electron chi connectivity index (χ0n) is 8.40. The lowest BCUT2D eigenvalue weighted by Crippen LogP contribution is -2.10. The number of aromatic nitrogens is 2. The fraction of sp³-hybridized carbons (Fsp3) is 0.667. The van der Waals surface area contributed by atoms with Crippen molar-refractivity contribution in [3.05, 3.63) is 18.7 Å². The Labute approximate surface area is 86.0 Å². The molecular weight excluding hydrogens is 188 g/mol. The Morgan fingerprint density at radius 3 is 2.15 bits per heavy atom. The minimum atomic E-state index is -0.134. The van der Waals surface area contributed by atoms with Crippen LogP contribution in [0.4, 0.5) is 0 Å². The smallest absolute Gasteiger partial charge is 0.0919 e. The molecule has 78 valence electrons. The number of nitrogens with zero attached hydrogens (tertiary/aromatic N) is 1. The maximum absolute atomic E-state index is 8.82. The highest BCUT2D eigenvalue weighted by Gasteiger charge is 2.03. The molecule has 0 spiro atoms. The highest BCUT2D eigenvalue weighted by Crippen LogP contribution is 2.04. The third kappa shape index (κ3) is 9.37. The highest BCUT2D eigenvalue weighted by molar-refractivity contribution is 5.85. The number of rotatable bonds is 2. The Balaban J connectivity index is 0. The maximum Gasteiger partial charge on any atom is 0.0919 e. The maximum atomic E-state index is 8.82. The number of aromatic amines is 1. The van der Waals surface area contributed by atoms with E-state index in [9.17, 15) is 0 Å². The Hall–Kier alpha value is -0.540. The lowest BCUT2D eigenvalue weighted by Gasteiger charge is -2.09. The average Bonchev–Trinajstić information content (AvgIpc) is 2.59. The molecule has 0 amide bonds. The van der Waals surface area contributed by atoms with Gasteiger partial charge in [-0.3, -0.25) is 0 Å². The van der Waals surface area contributed by atoms with Gasteiger partial charge in [-0.25, -0.2) is 4.98 Å². The molecule has 0 bridgehead atoms. The molecule has 0 saturated carbocycles. The van der Waals surface area contributed by atoms with E-state index in [-0.39, 0.29) is 18.5 Å². The van der Waals surface area contributed by atoms with Gasteiger partial charge in [0.25, 0.3) is 0 Å². The lowest BCUT2D eigenvalue weighted by molar-refractivity contribution is 0.133. The van der Waals surface area contributed by atoms with Gasteiger partial charge in [0, 0.05) is 12.4 Å². The predicted octanol–water partition coefficient (Wildman–Crippen LogP) is 2.24. The molecule has 0 fully saturated rings. The predicted molar refractivity (Wildman–Crippen MR) is 57.0 cm³/mol. The number of aliphatic hydroxyl groups excluding tert-OH is 1. The molecule has 2 unspecified atom stereocenters. The first-order chi connectivity index (χ1) is 5.68. The van der Waals surface area contributed by atoms with Crippen molar-refractivity contribution in [1.29, 1.82) is 0 Å². The number of hydrogen-bond donors (Lipinski definition) is 2. The molecule has 1 rings (SSSR count). The van der Waals surface area contributed by atoms with Crippen LogP contribution in [-0.2, 0) is 0 Å². The molecular formula is C9H19ClN2O. The van der Waals surface area contributed by atoms with Crippen molar-refractivity contribution < 1.29 is 5.11 Å². The first kappa shape index (κ1) is 15.0. The summed E-state index contributed by atoms with van der Waals surface area (Å²) in [7, 11) is 0. The van der Waals surface area contributed by atoms with E-state index in [2.05, 4.69) is 16.9 Å². The number of aliphatic hydroxyl groups is 1. The first-order valence-electron chi connectivity index (χ1n) is 4.29. The van der Waals surface area contributed by atoms with Crippen LogP contribution in [0, 0.1) is 5.92 Å². The van der Waals surface area contributed by atoms with Gasteiger partial charge in [0.05, 0.1) is 12.4 Å². The fourth-order valence-corrected chi connectivity index (χ4v) is 0.556. The van der Waals surface area contributed by atoms with Crippen LogP contribution in [0.1, 0.15) is 27.2 Å². The zero-order chi connectivity index (χ0) is 9.40. The molecule has 1 aromatic rings. The van der Waals surface area contributed by atoms with Gasteiger partial charge in [0.2, 0.25) is 0 Å². The topological polar surface area (TPSA) is 48.9 Å². The van der Waals surface area contributed by atoms with E-state index in [0.29, 0.717) is 5.92 Å². The summed E-state index contributed by atoms with van der Waals surface area (Å²) in [6.45, 7) is 5.95. The Morgan fingerprint density at radius 1 is 1.46 bits per heavy atom. The molecule has 4 heteroatoms. The third-order valence-corrected chi connectivity index (χ3v) is 1.87. The second-order valence-corrected chi connectivity index (χ2v) is 2.89. The van der Waals surface area contributed by atoms with Gasteiger partial charge in [-0.1, -0.05) is 20.3 Å². The number of imidazole rings is 1. The largest absolute Gasteiger partial charge is 0.393 e. The van der Waals surface area contributed by atoms with Crippen molar-refractivity contribution in [1.82, 2.24) is 9.97 Å². The van der Waals surface area contributed by atoms with Crippen molar-refractivity contribution >= 4 is 12.4 Å². The van der Waals surface area contributed by atoms with Gasteiger partial charge in [0.15, 0.2) is 0 Å². The molecule has 0 aliphatic rings. The number of halogens is 1. The Bertz CT molecular complexity index is 149. The second kappa shape index (κ2) is 9.55. The van der Waals surface area contributed by atoms with Crippen LogP contribution in [0.3, 0.4) is 0 Å². The quantitative estimate of drug-likeness (QED) is 0.780. The SMILES string of the molecule is CCC(C)C(C)O.Cl.c1c[nH]cn1. The van der Waals surface area contributed by atoms with E-state index in [1.165, 1.54) is 0 Å². The van der Waals surface area contributed by atoms with Crippen LogP contribution in [0.2, 0.25) is 0 Å². The van der Waals surface area contributed by atoms with Crippen LogP contribution >= 0.6 is 12.4 Å². The molecule has 1 heterocycles. The summed E-state index contributed by atoms with van der Waals surface area (Å²) >= 11 is 0. The van der Waals surface area contributed by atoms with Crippen LogP contribution in [-0.4, -0.2) is 21.2 Å². The van der Waals surface area contributed by atoms with Crippen LogP contribution < -0.4 is 0 Å².